The Morgan fingerprint density at radius 1 is 1.55 bits per heavy atom. The number of nitrogens with two attached hydrogens (primary N) is 2. The number of rotatable bonds is 4. The van der Waals surface area contributed by atoms with Crippen LogP contribution in [0.15, 0.2) is 0 Å². The fraction of sp³-hybridized carbons (Fsp3) is 0.750. The fourth-order valence-corrected chi connectivity index (χ4v) is 1.22. The van der Waals surface area contributed by atoms with Gasteiger partial charge < -0.3 is 5.73 Å². The van der Waals surface area contributed by atoms with Gasteiger partial charge in [-0.3, -0.25) is 4.79 Å². The summed E-state index contributed by atoms with van der Waals surface area (Å²) < 4.78 is 22.0. The zero-order chi connectivity index (χ0) is 9.07. The molecule has 0 saturated carbocycles. The highest BCUT2D eigenvalue weighted by Crippen LogP contribution is 1.91. The van der Waals surface area contributed by atoms with E-state index in [1.165, 1.54) is 0 Å². The Morgan fingerprint density at radius 2 is 2.00 bits per heavy atom. The summed E-state index contributed by atoms with van der Waals surface area (Å²) in [6, 6.07) is 0. The van der Waals surface area contributed by atoms with Crippen molar-refractivity contribution in [1.29, 1.82) is 0 Å². The van der Waals surface area contributed by atoms with E-state index in [0.29, 0.717) is 0 Å². The molecule has 0 saturated heterocycles. The molecule has 0 atom stereocenters. The van der Waals surface area contributed by atoms with Crippen molar-refractivity contribution in [2.45, 2.75) is 6.92 Å². The van der Waals surface area contributed by atoms with Crippen LogP contribution in [0.2, 0.25) is 0 Å². The van der Waals surface area contributed by atoms with Crippen LogP contribution in [-0.2, 0) is 15.0 Å². The van der Waals surface area contributed by atoms with Crippen molar-refractivity contribution in [2.75, 3.05) is 13.1 Å². The second-order valence-electron chi connectivity index (χ2n) is 1.94. The van der Waals surface area contributed by atoms with Gasteiger partial charge in [-0.05, 0) is 0 Å². The Hall–Kier alpha value is -0.660. The van der Waals surface area contributed by atoms with Gasteiger partial charge in [-0.2, -0.15) is 12.7 Å². The standard InChI is InChI=1S/C4H11N3O3S/c1-2-7(3-4(5)8)11(6,9)10/h2-3H2,1H3,(H2,5,8)(H2,6,9,10). The molecule has 0 aromatic rings. The number of hydrogen-bond acceptors (Lipinski definition) is 3. The molecule has 0 aromatic heterocycles. The van der Waals surface area contributed by atoms with Crippen LogP contribution in [0.5, 0.6) is 0 Å². The van der Waals surface area contributed by atoms with E-state index >= 15 is 0 Å². The van der Waals surface area contributed by atoms with E-state index < -0.39 is 16.1 Å². The molecule has 0 radical (unpaired) electrons. The maximum absolute atomic E-state index is 10.6. The number of nitrogens with zero attached hydrogens (tertiary/aromatic N) is 1. The van der Waals surface area contributed by atoms with Gasteiger partial charge in [0.25, 0.3) is 10.2 Å². The third-order valence-electron chi connectivity index (χ3n) is 1.04. The molecule has 6 nitrogen and oxygen atoms in total. The predicted molar refractivity (Wildman–Crippen MR) is 39.5 cm³/mol. The first-order valence-corrected chi connectivity index (χ1v) is 4.44. The summed E-state index contributed by atoms with van der Waals surface area (Å²) in [4.78, 5) is 10.3. The molecule has 0 aliphatic carbocycles. The maximum atomic E-state index is 10.6. The van der Waals surface area contributed by atoms with Crippen molar-refractivity contribution in [1.82, 2.24) is 4.31 Å². The topological polar surface area (TPSA) is 106 Å². The second kappa shape index (κ2) is 3.65. The van der Waals surface area contributed by atoms with Gasteiger partial charge in [0.1, 0.15) is 0 Å². The molecule has 0 spiro atoms. The minimum atomic E-state index is -3.78. The van der Waals surface area contributed by atoms with Crippen molar-refractivity contribution in [2.24, 2.45) is 10.9 Å². The van der Waals surface area contributed by atoms with Crippen molar-refractivity contribution >= 4 is 16.1 Å². The predicted octanol–water partition coefficient (Wildman–Crippen LogP) is -2.00. The summed E-state index contributed by atoms with van der Waals surface area (Å²) in [5, 5.41) is 4.73. The van der Waals surface area contributed by atoms with Gasteiger partial charge in [0.2, 0.25) is 5.91 Å². The Bertz CT molecular complexity index is 235. The van der Waals surface area contributed by atoms with E-state index in [2.05, 4.69) is 0 Å². The molecule has 0 fully saturated rings. The molecule has 1 amide bonds. The maximum Gasteiger partial charge on any atom is 0.277 e. The fourth-order valence-electron chi connectivity index (χ4n) is 0.556. The molecule has 11 heavy (non-hydrogen) atoms. The van der Waals surface area contributed by atoms with Crippen LogP contribution in [0.4, 0.5) is 0 Å². The van der Waals surface area contributed by atoms with Gasteiger partial charge in [0.05, 0.1) is 6.54 Å². The van der Waals surface area contributed by atoms with Crippen molar-refractivity contribution in [3.05, 3.63) is 0 Å². The third kappa shape index (κ3) is 3.91. The summed E-state index contributed by atoms with van der Waals surface area (Å²) in [7, 11) is -3.78. The van der Waals surface area contributed by atoms with Crippen LogP contribution in [0.25, 0.3) is 0 Å². The van der Waals surface area contributed by atoms with Gasteiger partial charge in [-0.25, -0.2) is 5.14 Å². The molecule has 0 heterocycles. The minimum absolute atomic E-state index is 0.141. The molecule has 0 rings (SSSR count). The third-order valence-corrected chi connectivity index (χ3v) is 2.15. The quantitative estimate of drug-likeness (QED) is 0.523. The lowest BCUT2D eigenvalue weighted by atomic mass is 10.6. The highest BCUT2D eigenvalue weighted by molar-refractivity contribution is 7.86. The van der Waals surface area contributed by atoms with Gasteiger partial charge in [0, 0.05) is 6.54 Å². The number of carbonyl (C=O) groups is 1. The molecule has 0 aromatic carbocycles. The van der Waals surface area contributed by atoms with Crippen LogP contribution < -0.4 is 10.9 Å². The molecule has 0 bridgehead atoms. The van der Waals surface area contributed by atoms with E-state index in [-0.39, 0.29) is 13.1 Å². The number of hydrogen-bond donors (Lipinski definition) is 2. The highest BCUT2D eigenvalue weighted by Gasteiger charge is 2.16. The zero-order valence-corrected chi connectivity index (χ0v) is 6.97. The van der Waals surface area contributed by atoms with Crippen molar-refractivity contribution in [3.63, 3.8) is 0 Å². The second-order valence-corrected chi connectivity index (χ2v) is 3.48. The minimum Gasteiger partial charge on any atom is -0.369 e. The largest absolute Gasteiger partial charge is 0.369 e. The lowest BCUT2D eigenvalue weighted by molar-refractivity contribution is -0.118. The SMILES string of the molecule is CCN(CC(N)=O)S(N)(=O)=O. The van der Waals surface area contributed by atoms with Gasteiger partial charge in [-0.15, -0.1) is 0 Å². The summed E-state index contributed by atoms with van der Waals surface area (Å²) in [6.45, 7) is 1.34. The lowest BCUT2D eigenvalue weighted by Crippen LogP contribution is -2.41. The summed E-state index contributed by atoms with van der Waals surface area (Å²) in [5.74, 6) is -0.721. The van der Waals surface area contributed by atoms with Crippen LogP contribution in [-0.4, -0.2) is 31.7 Å². The Balaban J connectivity index is 4.31. The van der Waals surface area contributed by atoms with Crippen LogP contribution >= 0.6 is 0 Å². The molecule has 4 N–H and O–H groups in total. The van der Waals surface area contributed by atoms with Crippen LogP contribution in [0.3, 0.4) is 0 Å². The summed E-state index contributed by atoms with van der Waals surface area (Å²) >= 11 is 0. The van der Waals surface area contributed by atoms with E-state index in [9.17, 15) is 13.2 Å². The average Bonchev–Trinajstić information content (AvgIpc) is 1.79. The van der Waals surface area contributed by atoms with E-state index in [0.717, 1.165) is 4.31 Å². The molecular weight excluding hydrogens is 170 g/mol. The number of primary amides is 1. The van der Waals surface area contributed by atoms with E-state index in [4.69, 9.17) is 10.9 Å². The van der Waals surface area contributed by atoms with Crippen molar-refractivity contribution < 1.29 is 13.2 Å². The molecule has 66 valence electrons. The van der Waals surface area contributed by atoms with Crippen LogP contribution in [0.1, 0.15) is 6.92 Å². The molecular formula is C4H11N3O3S. The van der Waals surface area contributed by atoms with Gasteiger partial charge in [-0.1, -0.05) is 6.92 Å². The summed E-state index contributed by atoms with van der Waals surface area (Å²) in [6.07, 6.45) is 0. The zero-order valence-electron chi connectivity index (χ0n) is 6.15. The van der Waals surface area contributed by atoms with E-state index in [1.807, 2.05) is 0 Å². The first-order chi connectivity index (χ1) is 4.88. The number of likely N-dealkylation sites (N-methyl/N-ethyl adjacent to an activating group) is 1. The highest BCUT2D eigenvalue weighted by atomic mass is 32.2. The molecule has 0 unspecified atom stereocenters. The number of amides is 1. The van der Waals surface area contributed by atoms with Gasteiger partial charge >= 0.3 is 0 Å². The first-order valence-electron chi connectivity index (χ1n) is 2.94. The average molecular weight is 181 g/mol. The van der Waals surface area contributed by atoms with Crippen LogP contribution in [0, 0.1) is 0 Å². The normalized spacial score (nSPS) is 11.9. The smallest absolute Gasteiger partial charge is 0.277 e. The molecule has 0 aliphatic rings. The van der Waals surface area contributed by atoms with E-state index in [1.54, 1.807) is 6.92 Å². The Kier molecular flexibility index (Phi) is 3.43. The monoisotopic (exact) mass is 181 g/mol. The molecule has 7 heteroatoms. The van der Waals surface area contributed by atoms with Crippen molar-refractivity contribution in [3.8, 4) is 0 Å². The summed E-state index contributed by atoms with van der Waals surface area (Å²) in [5.41, 5.74) is 4.76. The number of carbonyl (C=O) groups excluding carboxylic acids is 1. The Morgan fingerprint density at radius 3 is 2.09 bits per heavy atom. The first kappa shape index (κ1) is 10.3. The molecule has 0 aliphatic heterocycles. The Labute approximate surface area is 65.3 Å². The lowest BCUT2D eigenvalue weighted by Gasteiger charge is -2.14. The van der Waals surface area contributed by atoms with Gasteiger partial charge in [0.15, 0.2) is 0 Å².